The monoisotopic (exact) mass is 456 g/mol. The summed E-state index contributed by atoms with van der Waals surface area (Å²) in [4.78, 5) is 28.1. The Balaban J connectivity index is 1.66. The SMILES string of the molecule is Cc1ccc(C2=C(Nc3cccc4ccccc34)C(=O)N(c3ccc(F)c(Cl)c3)C2=O)cc1. The van der Waals surface area contributed by atoms with Crippen molar-refractivity contribution >= 4 is 51.1 Å². The van der Waals surface area contributed by atoms with Crippen LogP contribution in [0.3, 0.4) is 0 Å². The second-order valence-corrected chi connectivity index (χ2v) is 8.22. The maximum absolute atomic E-state index is 13.7. The number of nitrogens with one attached hydrogen (secondary N) is 1. The zero-order valence-corrected chi connectivity index (χ0v) is 18.4. The normalized spacial score (nSPS) is 13.8. The summed E-state index contributed by atoms with van der Waals surface area (Å²) in [6, 6.07) is 24.7. The Bertz CT molecular complexity index is 1460. The van der Waals surface area contributed by atoms with Gasteiger partial charge in [-0.2, -0.15) is 0 Å². The first-order chi connectivity index (χ1) is 15.9. The molecule has 0 radical (unpaired) electrons. The van der Waals surface area contributed by atoms with Crippen LogP contribution >= 0.6 is 11.6 Å². The Morgan fingerprint density at radius 1 is 0.848 bits per heavy atom. The molecule has 0 bridgehead atoms. The van der Waals surface area contributed by atoms with E-state index in [-0.39, 0.29) is 22.0 Å². The zero-order chi connectivity index (χ0) is 23.1. The Hall–Kier alpha value is -3.96. The van der Waals surface area contributed by atoms with Crippen molar-refractivity contribution in [2.24, 2.45) is 0 Å². The van der Waals surface area contributed by atoms with E-state index in [9.17, 15) is 14.0 Å². The highest BCUT2D eigenvalue weighted by molar-refractivity contribution is 6.46. The van der Waals surface area contributed by atoms with Crippen molar-refractivity contribution in [3.05, 3.63) is 113 Å². The molecule has 162 valence electrons. The topological polar surface area (TPSA) is 49.4 Å². The summed E-state index contributed by atoms with van der Waals surface area (Å²) in [6.45, 7) is 1.95. The predicted molar refractivity (Wildman–Crippen MR) is 130 cm³/mol. The van der Waals surface area contributed by atoms with Crippen molar-refractivity contribution in [1.29, 1.82) is 0 Å². The van der Waals surface area contributed by atoms with Gasteiger partial charge in [0, 0.05) is 11.1 Å². The molecule has 33 heavy (non-hydrogen) atoms. The van der Waals surface area contributed by atoms with E-state index in [1.165, 1.54) is 12.1 Å². The number of rotatable bonds is 4. The lowest BCUT2D eigenvalue weighted by atomic mass is 10.0. The molecule has 0 saturated heterocycles. The fourth-order valence-electron chi connectivity index (χ4n) is 3.96. The molecule has 2 amide bonds. The number of hydrogen-bond acceptors (Lipinski definition) is 3. The minimum absolute atomic E-state index is 0.153. The molecule has 5 rings (SSSR count). The first-order valence-corrected chi connectivity index (χ1v) is 10.7. The van der Waals surface area contributed by atoms with Gasteiger partial charge in [0.25, 0.3) is 11.8 Å². The Kier molecular flexibility index (Phi) is 5.19. The van der Waals surface area contributed by atoms with Gasteiger partial charge in [0.2, 0.25) is 0 Å². The van der Waals surface area contributed by atoms with Gasteiger partial charge in [-0.15, -0.1) is 0 Å². The van der Waals surface area contributed by atoms with Gasteiger partial charge in [-0.1, -0.05) is 77.8 Å². The summed E-state index contributed by atoms with van der Waals surface area (Å²) in [5.41, 5.74) is 2.94. The van der Waals surface area contributed by atoms with Crippen molar-refractivity contribution in [3.63, 3.8) is 0 Å². The van der Waals surface area contributed by atoms with Crippen LogP contribution in [0.5, 0.6) is 0 Å². The smallest absolute Gasteiger partial charge is 0.282 e. The molecule has 0 aromatic heterocycles. The largest absolute Gasteiger partial charge is 0.350 e. The van der Waals surface area contributed by atoms with E-state index in [1.54, 1.807) is 0 Å². The second-order valence-electron chi connectivity index (χ2n) is 7.81. The van der Waals surface area contributed by atoms with Crippen LogP contribution in [0.1, 0.15) is 11.1 Å². The number of halogens is 2. The van der Waals surface area contributed by atoms with Gasteiger partial charge in [-0.05, 0) is 42.1 Å². The molecule has 0 atom stereocenters. The van der Waals surface area contributed by atoms with Crippen LogP contribution < -0.4 is 10.2 Å². The van der Waals surface area contributed by atoms with Crippen LogP contribution in [0.25, 0.3) is 16.3 Å². The quantitative estimate of drug-likeness (QED) is 0.365. The molecule has 0 aliphatic carbocycles. The molecular weight excluding hydrogens is 439 g/mol. The molecule has 0 saturated carbocycles. The Morgan fingerprint density at radius 3 is 2.33 bits per heavy atom. The molecule has 0 fully saturated rings. The molecule has 0 unspecified atom stereocenters. The highest BCUT2D eigenvalue weighted by Gasteiger charge is 2.40. The van der Waals surface area contributed by atoms with Gasteiger partial charge in [-0.25, -0.2) is 9.29 Å². The zero-order valence-electron chi connectivity index (χ0n) is 17.6. The Morgan fingerprint density at radius 2 is 1.58 bits per heavy atom. The van der Waals surface area contributed by atoms with E-state index in [4.69, 9.17) is 11.6 Å². The lowest BCUT2D eigenvalue weighted by Crippen LogP contribution is -2.32. The van der Waals surface area contributed by atoms with Crippen molar-refractivity contribution < 1.29 is 14.0 Å². The molecule has 6 heteroatoms. The molecule has 1 N–H and O–H groups in total. The first-order valence-electron chi connectivity index (χ1n) is 10.3. The molecular formula is C27H18ClFN2O2. The van der Waals surface area contributed by atoms with E-state index in [0.717, 1.165) is 27.3 Å². The van der Waals surface area contributed by atoms with Crippen LogP contribution in [0.15, 0.2) is 90.6 Å². The molecule has 4 aromatic rings. The number of benzene rings is 4. The van der Waals surface area contributed by atoms with Crippen molar-refractivity contribution in [2.45, 2.75) is 6.92 Å². The number of carbonyl (C=O) groups is 2. The number of fused-ring (bicyclic) bond motifs is 1. The summed E-state index contributed by atoms with van der Waals surface area (Å²) < 4.78 is 13.7. The predicted octanol–water partition coefficient (Wildman–Crippen LogP) is 6.34. The fraction of sp³-hybridized carbons (Fsp3) is 0.0370. The van der Waals surface area contributed by atoms with E-state index < -0.39 is 17.6 Å². The lowest BCUT2D eigenvalue weighted by Gasteiger charge is -2.16. The third kappa shape index (κ3) is 3.66. The molecule has 1 heterocycles. The minimum Gasteiger partial charge on any atom is -0.350 e. The van der Waals surface area contributed by atoms with Gasteiger partial charge < -0.3 is 5.32 Å². The van der Waals surface area contributed by atoms with Crippen LogP contribution in [-0.4, -0.2) is 11.8 Å². The maximum Gasteiger partial charge on any atom is 0.282 e. The van der Waals surface area contributed by atoms with Gasteiger partial charge in [0.05, 0.1) is 16.3 Å². The van der Waals surface area contributed by atoms with Gasteiger partial charge >= 0.3 is 0 Å². The number of hydrogen-bond donors (Lipinski definition) is 1. The number of imide groups is 1. The fourth-order valence-corrected chi connectivity index (χ4v) is 4.14. The lowest BCUT2D eigenvalue weighted by molar-refractivity contribution is -0.120. The molecule has 4 aromatic carbocycles. The first kappa shape index (κ1) is 20.9. The van der Waals surface area contributed by atoms with Crippen LogP contribution in [0.4, 0.5) is 15.8 Å². The third-order valence-corrected chi connectivity index (χ3v) is 5.92. The number of aryl methyl sites for hydroxylation is 1. The molecule has 4 nitrogen and oxygen atoms in total. The van der Waals surface area contributed by atoms with Crippen LogP contribution in [0, 0.1) is 12.7 Å². The average Bonchev–Trinajstić information content (AvgIpc) is 3.06. The number of amides is 2. The maximum atomic E-state index is 13.7. The van der Waals surface area contributed by atoms with Crippen LogP contribution in [0.2, 0.25) is 5.02 Å². The third-order valence-electron chi connectivity index (χ3n) is 5.63. The van der Waals surface area contributed by atoms with E-state index in [2.05, 4.69) is 5.32 Å². The summed E-state index contributed by atoms with van der Waals surface area (Å²) >= 11 is 5.94. The van der Waals surface area contributed by atoms with Crippen molar-refractivity contribution in [1.82, 2.24) is 0 Å². The molecule has 1 aliphatic heterocycles. The summed E-state index contributed by atoms with van der Waals surface area (Å²) in [5, 5.41) is 4.96. The average molecular weight is 457 g/mol. The van der Waals surface area contributed by atoms with E-state index in [0.29, 0.717) is 11.3 Å². The van der Waals surface area contributed by atoms with Gasteiger partial charge in [0.1, 0.15) is 11.5 Å². The summed E-state index contributed by atoms with van der Waals surface area (Å²) in [6.07, 6.45) is 0. The van der Waals surface area contributed by atoms with Crippen molar-refractivity contribution in [2.75, 3.05) is 10.2 Å². The van der Waals surface area contributed by atoms with Gasteiger partial charge in [-0.3, -0.25) is 9.59 Å². The van der Waals surface area contributed by atoms with E-state index >= 15 is 0 Å². The van der Waals surface area contributed by atoms with E-state index in [1.807, 2.05) is 73.7 Å². The second kappa shape index (κ2) is 8.19. The standard InChI is InChI=1S/C27H18ClFN2O2/c1-16-9-11-18(12-10-16)24-25(30-23-8-4-6-17-5-2-3-7-20(17)23)27(33)31(26(24)32)19-13-14-22(29)21(28)15-19/h2-15,30H,1H3. The minimum atomic E-state index is -0.625. The number of nitrogens with zero attached hydrogens (tertiary/aromatic N) is 1. The van der Waals surface area contributed by atoms with Gasteiger partial charge in [0.15, 0.2) is 0 Å². The van der Waals surface area contributed by atoms with Crippen molar-refractivity contribution in [3.8, 4) is 0 Å². The summed E-state index contributed by atoms with van der Waals surface area (Å²) in [5.74, 6) is -1.67. The molecule has 0 spiro atoms. The number of carbonyl (C=O) groups excluding carboxylic acids is 2. The number of anilines is 2. The highest BCUT2D eigenvalue weighted by atomic mass is 35.5. The summed E-state index contributed by atoms with van der Waals surface area (Å²) in [7, 11) is 0. The van der Waals surface area contributed by atoms with Crippen LogP contribution in [-0.2, 0) is 9.59 Å². The Labute approximate surface area is 194 Å². The molecule has 1 aliphatic rings. The highest BCUT2D eigenvalue weighted by Crippen LogP contribution is 2.36.